The van der Waals surface area contributed by atoms with Gasteiger partial charge in [0.2, 0.25) is 0 Å². The van der Waals surface area contributed by atoms with Crippen LogP contribution >= 0.6 is 0 Å². The third-order valence-corrected chi connectivity index (χ3v) is 3.19. The summed E-state index contributed by atoms with van der Waals surface area (Å²) in [6, 6.07) is 13.6. The van der Waals surface area contributed by atoms with Gasteiger partial charge in [-0.15, -0.1) is 0 Å². The van der Waals surface area contributed by atoms with Gasteiger partial charge in [-0.2, -0.15) is 0 Å². The Morgan fingerprint density at radius 2 is 1.89 bits per heavy atom. The molecule has 3 nitrogen and oxygen atoms in total. The van der Waals surface area contributed by atoms with E-state index in [-0.39, 0.29) is 6.04 Å². The molecule has 0 fully saturated rings. The summed E-state index contributed by atoms with van der Waals surface area (Å²) in [7, 11) is 1.68. The molecule has 0 bridgehead atoms. The number of benzene rings is 2. The highest BCUT2D eigenvalue weighted by Crippen LogP contribution is 2.28. The van der Waals surface area contributed by atoms with Gasteiger partial charge in [-0.3, -0.25) is 0 Å². The molecule has 0 aliphatic carbocycles. The van der Waals surface area contributed by atoms with E-state index in [1.807, 2.05) is 43.3 Å². The van der Waals surface area contributed by atoms with Gasteiger partial charge in [0, 0.05) is 11.3 Å². The highest BCUT2D eigenvalue weighted by molar-refractivity contribution is 5.52. The smallest absolute Gasteiger partial charge is 0.124 e. The predicted molar refractivity (Wildman–Crippen MR) is 77.9 cm³/mol. The second-order valence-electron chi connectivity index (χ2n) is 4.61. The van der Waals surface area contributed by atoms with Crippen molar-refractivity contribution in [2.75, 3.05) is 12.4 Å². The van der Waals surface area contributed by atoms with Gasteiger partial charge in [-0.1, -0.05) is 18.2 Å². The number of hydrogen-bond acceptors (Lipinski definition) is 3. The van der Waals surface area contributed by atoms with Crippen molar-refractivity contribution in [3.63, 3.8) is 0 Å². The number of aryl methyl sites for hydroxylation is 1. The molecular weight excluding hydrogens is 238 g/mol. The second kappa shape index (κ2) is 5.65. The third kappa shape index (κ3) is 2.99. The van der Waals surface area contributed by atoms with Gasteiger partial charge in [-0.25, -0.2) is 0 Å². The second-order valence-corrected chi connectivity index (χ2v) is 4.61. The van der Waals surface area contributed by atoms with Gasteiger partial charge in [0.1, 0.15) is 11.5 Å². The van der Waals surface area contributed by atoms with Crippen LogP contribution < -0.4 is 10.1 Å². The normalized spacial score (nSPS) is 11.9. The molecular formula is C16H19NO2. The lowest BCUT2D eigenvalue weighted by Crippen LogP contribution is -2.08. The number of para-hydroxylation sites is 1. The van der Waals surface area contributed by atoms with Crippen molar-refractivity contribution in [2.45, 2.75) is 19.9 Å². The van der Waals surface area contributed by atoms with Crippen LogP contribution in [0.4, 0.5) is 5.69 Å². The molecule has 0 heterocycles. The molecule has 0 saturated heterocycles. The van der Waals surface area contributed by atoms with Crippen molar-refractivity contribution in [2.24, 2.45) is 0 Å². The zero-order valence-corrected chi connectivity index (χ0v) is 11.5. The van der Waals surface area contributed by atoms with Crippen LogP contribution in [0, 0.1) is 6.92 Å². The monoisotopic (exact) mass is 257 g/mol. The fourth-order valence-corrected chi connectivity index (χ4v) is 2.10. The molecule has 19 heavy (non-hydrogen) atoms. The van der Waals surface area contributed by atoms with Crippen LogP contribution in [0.25, 0.3) is 0 Å². The Balaban J connectivity index is 2.20. The quantitative estimate of drug-likeness (QED) is 0.817. The summed E-state index contributed by atoms with van der Waals surface area (Å²) >= 11 is 0. The fraction of sp³-hybridized carbons (Fsp3) is 0.250. The van der Waals surface area contributed by atoms with E-state index < -0.39 is 0 Å². The number of methoxy groups -OCH3 is 1. The first-order chi connectivity index (χ1) is 9.11. The van der Waals surface area contributed by atoms with E-state index in [1.54, 1.807) is 13.2 Å². The Labute approximate surface area is 113 Å². The zero-order valence-electron chi connectivity index (χ0n) is 11.5. The Hall–Kier alpha value is -2.16. The molecule has 1 atom stereocenters. The molecule has 0 radical (unpaired) electrons. The van der Waals surface area contributed by atoms with Gasteiger partial charge in [-0.05, 0) is 43.7 Å². The van der Waals surface area contributed by atoms with E-state index in [0.29, 0.717) is 5.75 Å². The molecule has 100 valence electrons. The van der Waals surface area contributed by atoms with Gasteiger partial charge in [0.25, 0.3) is 0 Å². The van der Waals surface area contributed by atoms with Crippen LogP contribution in [0.1, 0.15) is 24.1 Å². The molecule has 0 aromatic heterocycles. The third-order valence-electron chi connectivity index (χ3n) is 3.19. The van der Waals surface area contributed by atoms with E-state index in [2.05, 4.69) is 12.2 Å². The lowest BCUT2D eigenvalue weighted by Gasteiger charge is -2.18. The summed E-state index contributed by atoms with van der Waals surface area (Å²) in [5, 5.41) is 12.9. The van der Waals surface area contributed by atoms with E-state index in [4.69, 9.17) is 4.74 Å². The maximum Gasteiger partial charge on any atom is 0.124 e. The van der Waals surface area contributed by atoms with Crippen LogP contribution in [0.2, 0.25) is 0 Å². The molecule has 0 spiro atoms. The molecule has 0 aliphatic rings. The first kappa shape index (κ1) is 13.3. The van der Waals surface area contributed by atoms with Crippen molar-refractivity contribution >= 4 is 5.69 Å². The average Bonchev–Trinajstić information content (AvgIpc) is 2.43. The maximum atomic E-state index is 9.53. The molecule has 0 amide bonds. The molecule has 0 saturated carbocycles. The van der Waals surface area contributed by atoms with E-state index in [1.165, 1.54) is 0 Å². The van der Waals surface area contributed by atoms with E-state index in [9.17, 15) is 5.11 Å². The highest BCUT2D eigenvalue weighted by atomic mass is 16.5. The van der Waals surface area contributed by atoms with Crippen molar-refractivity contribution in [3.8, 4) is 11.5 Å². The Morgan fingerprint density at radius 3 is 2.58 bits per heavy atom. The number of nitrogens with one attached hydrogen (secondary N) is 1. The number of ether oxygens (including phenoxy) is 1. The van der Waals surface area contributed by atoms with Gasteiger partial charge in [0.15, 0.2) is 0 Å². The molecule has 2 aromatic carbocycles. The summed E-state index contributed by atoms with van der Waals surface area (Å²) in [4.78, 5) is 0. The van der Waals surface area contributed by atoms with E-state index >= 15 is 0 Å². The van der Waals surface area contributed by atoms with Crippen LogP contribution in [-0.4, -0.2) is 12.2 Å². The summed E-state index contributed by atoms with van der Waals surface area (Å²) < 4.78 is 5.37. The molecule has 2 aromatic rings. The highest BCUT2D eigenvalue weighted by Gasteiger charge is 2.10. The van der Waals surface area contributed by atoms with Gasteiger partial charge >= 0.3 is 0 Å². The van der Waals surface area contributed by atoms with Crippen LogP contribution in [0.15, 0.2) is 42.5 Å². The van der Waals surface area contributed by atoms with Crippen molar-refractivity contribution in [1.29, 1.82) is 0 Å². The van der Waals surface area contributed by atoms with Gasteiger partial charge in [0.05, 0.1) is 13.2 Å². The van der Waals surface area contributed by atoms with Crippen LogP contribution in [0.5, 0.6) is 11.5 Å². The van der Waals surface area contributed by atoms with Crippen LogP contribution in [0.3, 0.4) is 0 Å². The summed E-state index contributed by atoms with van der Waals surface area (Å²) in [5.41, 5.74) is 2.95. The van der Waals surface area contributed by atoms with Gasteiger partial charge < -0.3 is 15.2 Å². The number of aromatic hydroxyl groups is 1. The molecule has 3 heteroatoms. The first-order valence-corrected chi connectivity index (χ1v) is 6.31. The summed E-state index contributed by atoms with van der Waals surface area (Å²) in [5.74, 6) is 1.19. The van der Waals surface area contributed by atoms with Crippen molar-refractivity contribution in [1.82, 2.24) is 0 Å². The number of phenols is 1. The number of hydrogen-bond donors (Lipinski definition) is 2. The lowest BCUT2D eigenvalue weighted by molar-refractivity contribution is 0.408. The molecule has 1 unspecified atom stereocenters. The predicted octanol–water partition coefficient (Wildman–Crippen LogP) is 3.88. The standard InChI is InChI=1S/C16H19NO2/c1-11-10-13(8-9-15(11)18)17-12(2)14-6-4-5-7-16(14)19-3/h4-10,12,17-18H,1-3H3. The Kier molecular flexibility index (Phi) is 3.95. The number of phenolic OH excluding ortho intramolecular Hbond substituents is 1. The maximum absolute atomic E-state index is 9.53. The molecule has 2 rings (SSSR count). The molecule has 0 aliphatic heterocycles. The minimum absolute atomic E-state index is 0.125. The molecule has 2 N–H and O–H groups in total. The topological polar surface area (TPSA) is 41.5 Å². The largest absolute Gasteiger partial charge is 0.508 e. The summed E-state index contributed by atoms with van der Waals surface area (Å²) in [6.45, 7) is 3.97. The Morgan fingerprint density at radius 1 is 1.16 bits per heavy atom. The Bertz CT molecular complexity index is 566. The lowest BCUT2D eigenvalue weighted by atomic mass is 10.1. The van der Waals surface area contributed by atoms with Crippen molar-refractivity contribution in [3.05, 3.63) is 53.6 Å². The summed E-state index contributed by atoms with van der Waals surface area (Å²) in [6.07, 6.45) is 0. The van der Waals surface area contributed by atoms with Crippen LogP contribution in [-0.2, 0) is 0 Å². The van der Waals surface area contributed by atoms with Crippen molar-refractivity contribution < 1.29 is 9.84 Å². The fourth-order valence-electron chi connectivity index (χ4n) is 2.10. The van der Waals surface area contributed by atoms with E-state index in [0.717, 1.165) is 22.6 Å². The first-order valence-electron chi connectivity index (χ1n) is 6.31. The zero-order chi connectivity index (χ0) is 13.8. The minimum atomic E-state index is 0.125. The number of rotatable bonds is 4. The SMILES string of the molecule is COc1ccccc1C(C)Nc1ccc(O)c(C)c1. The minimum Gasteiger partial charge on any atom is -0.508 e. The average molecular weight is 257 g/mol. The number of anilines is 1.